The van der Waals surface area contributed by atoms with Crippen molar-refractivity contribution in [3.8, 4) is 0 Å². The van der Waals surface area contributed by atoms with Gasteiger partial charge in [0.25, 0.3) is 0 Å². The first-order chi connectivity index (χ1) is 22.5. The number of carbonyl (C=O) groups excluding carboxylic acids is 2. The smallest absolute Gasteiger partial charge is 0.316 e. The Labute approximate surface area is 278 Å². The van der Waals surface area contributed by atoms with Gasteiger partial charge in [-0.25, -0.2) is 0 Å². The van der Waals surface area contributed by atoms with Gasteiger partial charge < -0.3 is 14.5 Å². The molecule has 0 bridgehead atoms. The molecule has 5 nitrogen and oxygen atoms in total. The average molecular weight is 635 g/mol. The van der Waals surface area contributed by atoms with Crippen LogP contribution in [0.4, 0.5) is 0 Å². The van der Waals surface area contributed by atoms with Crippen LogP contribution in [0.2, 0.25) is 5.02 Å². The van der Waals surface area contributed by atoms with E-state index in [1.54, 1.807) is 0 Å². The molecule has 0 aliphatic carbocycles. The van der Waals surface area contributed by atoms with Gasteiger partial charge in [0.05, 0.1) is 12.0 Å². The van der Waals surface area contributed by atoms with E-state index in [2.05, 4.69) is 46.2 Å². The Bertz CT molecular complexity index is 1550. The van der Waals surface area contributed by atoms with Gasteiger partial charge in [0.15, 0.2) is 0 Å². The molecule has 2 aliphatic heterocycles. The summed E-state index contributed by atoms with van der Waals surface area (Å²) in [5.74, 6) is 0.102. The van der Waals surface area contributed by atoms with Crippen molar-refractivity contribution in [2.75, 3.05) is 32.8 Å². The summed E-state index contributed by atoms with van der Waals surface area (Å²) in [5, 5.41) is 0.658. The first kappa shape index (κ1) is 32.0. The standard InChI is InChI=1S/C40H43ClN2O3/c1-2-28-46-38(45)39(32-18-20-36(41)21-19-32)23-26-42(27-24-39)25-22-35-30-43(29-31-12-6-3-7-13-31)37(44)40(35,33-14-8-4-9-15-33)34-16-10-5-11-17-34/h3-21,35H,2,22-30H2,1H3. The summed E-state index contributed by atoms with van der Waals surface area (Å²) >= 11 is 6.21. The lowest BCUT2D eigenvalue weighted by molar-refractivity contribution is -0.153. The summed E-state index contributed by atoms with van der Waals surface area (Å²) in [5.41, 5.74) is 2.75. The molecule has 1 amide bonds. The highest BCUT2D eigenvalue weighted by Crippen LogP contribution is 2.48. The van der Waals surface area contributed by atoms with Gasteiger partial charge in [-0.05, 0) is 79.7 Å². The van der Waals surface area contributed by atoms with Crippen LogP contribution in [-0.4, -0.2) is 54.5 Å². The van der Waals surface area contributed by atoms with Crippen molar-refractivity contribution in [3.05, 3.63) is 143 Å². The van der Waals surface area contributed by atoms with Crippen LogP contribution in [0.3, 0.4) is 0 Å². The molecule has 238 valence electrons. The summed E-state index contributed by atoms with van der Waals surface area (Å²) in [6, 6.07) is 38.6. The Morgan fingerprint density at radius 3 is 1.93 bits per heavy atom. The number of esters is 1. The molecular formula is C40H43ClN2O3. The third-order valence-electron chi connectivity index (χ3n) is 10.1. The van der Waals surface area contributed by atoms with Crippen LogP contribution in [0.15, 0.2) is 115 Å². The third-order valence-corrected chi connectivity index (χ3v) is 10.3. The fourth-order valence-corrected chi connectivity index (χ4v) is 7.78. The lowest BCUT2D eigenvalue weighted by atomic mass is 9.66. The highest BCUT2D eigenvalue weighted by molar-refractivity contribution is 6.30. The molecule has 6 heteroatoms. The number of hydrogen-bond donors (Lipinski definition) is 0. The summed E-state index contributed by atoms with van der Waals surface area (Å²) in [4.78, 5) is 32.8. The van der Waals surface area contributed by atoms with E-state index in [0.29, 0.717) is 37.6 Å². The second-order valence-corrected chi connectivity index (χ2v) is 13.2. The highest BCUT2D eigenvalue weighted by Gasteiger charge is 2.56. The number of nitrogens with zero attached hydrogens (tertiary/aromatic N) is 2. The zero-order chi connectivity index (χ0) is 32.0. The average Bonchev–Trinajstić information content (AvgIpc) is 3.38. The van der Waals surface area contributed by atoms with Gasteiger partial charge in [0, 0.05) is 24.0 Å². The molecule has 4 aromatic rings. The van der Waals surface area contributed by atoms with Crippen molar-refractivity contribution in [2.45, 2.75) is 50.0 Å². The van der Waals surface area contributed by atoms with Crippen LogP contribution in [-0.2, 0) is 31.7 Å². The molecule has 46 heavy (non-hydrogen) atoms. The van der Waals surface area contributed by atoms with Gasteiger partial charge in [-0.15, -0.1) is 0 Å². The van der Waals surface area contributed by atoms with Crippen molar-refractivity contribution in [1.29, 1.82) is 0 Å². The topological polar surface area (TPSA) is 49.9 Å². The Balaban J connectivity index is 1.26. The molecule has 0 saturated carbocycles. The number of likely N-dealkylation sites (tertiary alicyclic amines) is 2. The molecule has 1 atom stereocenters. The molecule has 1 unspecified atom stereocenters. The predicted octanol–water partition coefficient (Wildman–Crippen LogP) is 7.66. The Kier molecular flexibility index (Phi) is 9.91. The van der Waals surface area contributed by atoms with E-state index in [4.69, 9.17) is 16.3 Å². The summed E-state index contributed by atoms with van der Waals surface area (Å²) in [6.07, 6.45) is 3.02. The quantitative estimate of drug-likeness (QED) is 0.159. The molecule has 0 spiro atoms. The summed E-state index contributed by atoms with van der Waals surface area (Å²) < 4.78 is 5.76. The number of carbonyl (C=O) groups is 2. The highest BCUT2D eigenvalue weighted by atomic mass is 35.5. The lowest BCUT2D eigenvalue weighted by Gasteiger charge is -2.41. The molecule has 2 saturated heterocycles. The summed E-state index contributed by atoms with van der Waals surface area (Å²) in [6.45, 7) is 6.12. The second kappa shape index (κ2) is 14.2. The Morgan fingerprint density at radius 2 is 1.37 bits per heavy atom. The molecule has 6 rings (SSSR count). The number of halogens is 1. The molecule has 2 aliphatic rings. The van der Waals surface area contributed by atoms with Crippen LogP contribution in [0, 0.1) is 5.92 Å². The lowest BCUT2D eigenvalue weighted by Crippen LogP contribution is -2.49. The molecule has 2 heterocycles. The molecule has 2 fully saturated rings. The van der Waals surface area contributed by atoms with Crippen molar-refractivity contribution >= 4 is 23.5 Å². The number of ether oxygens (including phenoxy) is 1. The van der Waals surface area contributed by atoms with Crippen molar-refractivity contribution in [3.63, 3.8) is 0 Å². The number of amides is 1. The minimum atomic E-state index is -0.774. The second-order valence-electron chi connectivity index (χ2n) is 12.8. The van der Waals surface area contributed by atoms with Gasteiger partial charge in [-0.1, -0.05) is 122 Å². The molecule has 0 N–H and O–H groups in total. The van der Waals surface area contributed by atoms with Crippen molar-refractivity contribution in [2.24, 2.45) is 5.92 Å². The van der Waals surface area contributed by atoms with E-state index in [1.807, 2.05) is 85.8 Å². The molecule has 4 aromatic carbocycles. The van der Waals surface area contributed by atoms with E-state index in [-0.39, 0.29) is 17.8 Å². The van der Waals surface area contributed by atoms with Crippen LogP contribution in [0.5, 0.6) is 0 Å². The van der Waals surface area contributed by atoms with E-state index in [9.17, 15) is 9.59 Å². The Hall–Kier alpha value is -3.93. The van der Waals surface area contributed by atoms with E-state index < -0.39 is 10.8 Å². The van der Waals surface area contributed by atoms with Gasteiger partial charge in [0.2, 0.25) is 5.91 Å². The maximum atomic E-state index is 14.8. The third kappa shape index (κ3) is 6.23. The van der Waals surface area contributed by atoms with Crippen LogP contribution in [0.25, 0.3) is 0 Å². The van der Waals surface area contributed by atoms with Crippen LogP contribution in [0.1, 0.15) is 54.9 Å². The van der Waals surface area contributed by atoms with E-state index in [0.717, 1.165) is 54.7 Å². The SMILES string of the molecule is CCCOC(=O)C1(c2ccc(Cl)cc2)CCN(CCC2CN(Cc3ccccc3)C(=O)C2(c2ccccc2)c2ccccc2)CC1. The normalized spacial score (nSPS) is 19.2. The van der Waals surface area contributed by atoms with E-state index >= 15 is 0 Å². The monoisotopic (exact) mass is 634 g/mol. The van der Waals surface area contributed by atoms with Gasteiger partial charge in [0.1, 0.15) is 5.41 Å². The maximum Gasteiger partial charge on any atom is 0.316 e. The summed E-state index contributed by atoms with van der Waals surface area (Å²) in [7, 11) is 0. The predicted molar refractivity (Wildman–Crippen MR) is 184 cm³/mol. The van der Waals surface area contributed by atoms with Crippen LogP contribution < -0.4 is 0 Å². The zero-order valence-corrected chi connectivity index (χ0v) is 27.4. The minimum Gasteiger partial charge on any atom is -0.465 e. The zero-order valence-electron chi connectivity index (χ0n) is 26.6. The largest absolute Gasteiger partial charge is 0.465 e. The number of benzene rings is 4. The number of hydrogen-bond acceptors (Lipinski definition) is 4. The van der Waals surface area contributed by atoms with Crippen LogP contribution >= 0.6 is 11.6 Å². The molecular weight excluding hydrogens is 592 g/mol. The van der Waals surface area contributed by atoms with Gasteiger partial charge in [-0.2, -0.15) is 0 Å². The molecule has 0 radical (unpaired) electrons. The maximum absolute atomic E-state index is 14.8. The number of piperidine rings is 1. The van der Waals surface area contributed by atoms with Gasteiger partial charge in [-0.3, -0.25) is 9.59 Å². The fourth-order valence-electron chi connectivity index (χ4n) is 7.65. The first-order valence-electron chi connectivity index (χ1n) is 16.6. The first-order valence-corrected chi connectivity index (χ1v) is 16.9. The Morgan fingerprint density at radius 1 is 0.804 bits per heavy atom. The van der Waals surface area contributed by atoms with Crippen molar-refractivity contribution < 1.29 is 14.3 Å². The fraction of sp³-hybridized carbons (Fsp3) is 0.350. The number of rotatable bonds is 11. The molecule has 0 aromatic heterocycles. The van der Waals surface area contributed by atoms with Crippen molar-refractivity contribution in [1.82, 2.24) is 9.80 Å². The van der Waals surface area contributed by atoms with Gasteiger partial charge >= 0.3 is 5.97 Å². The minimum absolute atomic E-state index is 0.0750. The van der Waals surface area contributed by atoms with E-state index in [1.165, 1.54) is 0 Å².